The highest BCUT2D eigenvalue weighted by atomic mass is 16.6. The van der Waals surface area contributed by atoms with Gasteiger partial charge >= 0.3 is 11.9 Å². The van der Waals surface area contributed by atoms with Crippen molar-refractivity contribution in [1.82, 2.24) is 15.1 Å². The van der Waals surface area contributed by atoms with Crippen molar-refractivity contribution >= 4 is 17.6 Å². The zero-order valence-electron chi connectivity index (χ0n) is 26.4. The number of carbonyl (C=O) groups excluding carboxylic acids is 2. The molecular weight excluding hydrogens is 580 g/mol. The summed E-state index contributed by atoms with van der Waals surface area (Å²) in [6, 6.07) is 13.6. The van der Waals surface area contributed by atoms with Crippen LogP contribution in [0.15, 0.2) is 71.1 Å². The van der Waals surface area contributed by atoms with Gasteiger partial charge < -0.3 is 29.2 Å². The second kappa shape index (κ2) is 16.1. The van der Waals surface area contributed by atoms with E-state index >= 15 is 0 Å². The Hall–Kier alpha value is -4.42. The summed E-state index contributed by atoms with van der Waals surface area (Å²) in [5.41, 5.74) is 1.78. The number of methoxy groups -OCH3 is 1. The normalized spacial score (nSPS) is 17.5. The van der Waals surface area contributed by atoms with E-state index in [0.29, 0.717) is 30.1 Å². The van der Waals surface area contributed by atoms with Crippen LogP contribution in [0.3, 0.4) is 0 Å². The lowest BCUT2D eigenvalue weighted by molar-refractivity contribution is -0.384. The van der Waals surface area contributed by atoms with Gasteiger partial charge in [0.1, 0.15) is 6.61 Å². The lowest BCUT2D eigenvalue weighted by atomic mass is 9.80. The van der Waals surface area contributed by atoms with Gasteiger partial charge in [-0.15, -0.1) is 0 Å². The first-order chi connectivity index (χ1) is 21.7. The van der Waals surface area contributed by atoms with Crippen molar-refractivity contribution in [2.45, 2.75) is 33.1 Å². The summed E-state index contributed by atoms with van der Waals surface area (Å²) in [5, 5.41) is 14.6. The van der Waals surface area contributed by atoms with Crippen LogP contribution in [0.5, 0.6) is 11.5 Å². The van der Waals surface area contributed by atoms with Crippen LogP contribution in [-0.2, 0) is 19.1 Å². The Bertz CT molecular complexity index is 1430. The smallest absolute Gasteiger partial charge is 0.336 e. The fraction of sp³-hybridized carbons (Fsp3) is 0.455. The second-order valence-corrected chi connectivity index (χ2v) is 10.9. The molecule has 1 unspecified atom stereocenters. The standard InChI is InChI=1S/C33H42N4O8/c1-5-43-32(38)29-23(2)34-24(3)30(31(29)25-10-8-11-26(22-25)37(40)41)33(39)45-21-19-36-17-15-35(16-18-36)14-9-20-44-28-13-7-6-12-27(28)42-4/h6-8,10-13,22,31,34H,5,9,14-21H2,1-4H3. The van der Waals surface area contributed by atoms with Crippen LogP contribution in [0.2, 0.25) is 0 Å². The number of hydrogen-bond donors (Lipinski definition) is 1. The van der Waals surface area contributed by atoms with Crippen LogP contribution in [0.25, 0.3) is 0 Å². The molecule has 0 bridgehead atoms. The molecule has 0 saturated carbocycles. The molecule has 0 spiro atoms. The summed E-state index contributed by atoms with van der Waals surface area (Å²) < 4.78 is 22.3. The van der Waals surface area contributed by atoms with Crippen LogP contribution >= 0.6 is 0 Å². The molecule has 2 aliphatic rings. The molecule has 12 nitrogen and oxygen atoms in total. The Morgan fingerprint density at radius 1 is 0.889 bits per heavy atom. The van der Waals surface area contributed by atoms with Crippen molar-refractivity contribution in [3.63, 3.8) is 0 Å². The summed E-state index contributed by atoms with van der Waals surface area (Å²) in [6.07, 6.45) is 0.894. The topological polar surface area (TPSA) is 133 Å². The largest absolute Gasteiger partial charge is 0.493 e. The maximum atomic E-state index is 13.6. The number of dihydropyridines is 1. The minimum absolute atomic E-state index is 0.139. The number of allylic oxidation sites excluding steroid dienone is 2. The molecule has 12 heteroatoms. The molecule has 45 heavy (non-hydrogen) atoms. The third kappa shape index (κ3) is 8.61. The van der Waals surface area contributed by atoms with Crippen LogP contribution < -0.4 is 14.8 Å². The first-order valence-corrected chi connectivity index (χ1v) is 15.2. The van der Waals surface area contributed by atoms with E-state index in [9.17, 15) is 19.7 Å². The van der Waals surface area contributed by atoms with Crippen molar-refractivity contribution in [3.05, 3.63) is 86.7 Å². The summed E-state index contributed by atoms with van der Waals surface area (Å²) in [5.74, 6) is -0.591. The number of nitro benzene ring substituents is 1. The Morgan fingerprint density at radius 3 is 2.13 bits per heavy atom. The average molecular weight is 623 g/mol. The van der Waals surface area contributed by atoms with Crippen molar-refractivity contribution in [2.75, 3.05) is 66.2 Å². The number of hydrogen-bond acceptors (Lipinski definition) is 11. The molecule has 0 aromatic heterocycles. The van der Waals surface area contributed by atoms with Gasteiger partial charge in [-0.1, -0.05) is 24.3 Å². The van der Waals surface area contributed by atoms with Gasteiger partial charge in [0.15, 0.2) is 11.5 Å². The minimum Gasteiger partial charge on any atom is -0.493 e. The van der Waals surface area contributed by atoms with Crippen molar-refractivity contribution in [2.24, 2.45) is 0 Å². The second-order valence-electron chi connectivity index (χ2n) is 10.9. The van der Waals surface area contributed by atoms with E-state index in [0.717, 1.165) is 50.6 Å². The molecular formula is C33H42N4O8. The predicted octanol–water partition coefficient (Wildman–Crippen LogP) is 4.03. The Morgan fingerprint density at radius 2 is 1.51 bits per heavy atom. The molecule has 1 saturated heterocycles. The van der Waals surface area contributed by atoms with Crippen LogP contribution in [0.1, 0.15) is 38.7 Å². The third-order valence-electron chi connectivity index (χ3n) is 7.94. The molecule has 1 fully saturated rings. The maximum absolute atomic E-state index is 13.6. The van der Waals surface area contributed by atoms with Gasteiger partial charge in [0.2, 0.25) is 0 Å². The van der Waals surface area contributed by atoms with E-state index in [-0.39, 0.29) is 30.0 Å². The number of ether oxygens (including phenoxy) is 4. The highest BCUT2D eigenvalue weighted by molar-refractivity contribution is 6.00. The first kappa shape index (κ1) is 33.5. The zero-order valence-corrected chi connectivity index (χ0v) is 26.4. The molecule has 2 heterocycles. The zero-order chi connectivity index (χ0) is 32.3. The number of nitrogens with zero attached hydrogens (tertiary/aromatic N) is 3. The molecule has 4 rings (SSSR count). The number of para-hydroxylation sites is 2. The van der Waals surface area contributed by atoms with Crippen molar-refractivity contribution in [3.8, 4) is 11.5 Å². The van der Waals surface area contributed by atoms with Gasteiger partial charge in [-0.2, -0.15) is 0 Å². The van der Waals surface area contributed by atoms with E-state index in [1.54, 1.807) is 40.0 Å². The lowest BCUT2D eigenvalue weighted by Gasteiger charge is -2.34. The first-order valence-electron chi connectivity index (χ1n) is 15.2. The number of piperazine rings is 1. The molecule has 0 amide bonds. The number of nitro groups is 1. The quantitative estimate of drug-likeness (QED) is 0.142. The molecule has 2 aromatic carbocycles. The Kier molecular flexibility index (Phi) is 11.9. The maximum Gasteiger partial charge on any atom is 0.336 e. The third-order valence-corrected chi connectivity index (χ3v) is 7.94. The summed E-state index contributed by atoms with van der Waals surface area (Å²) in [4.78, 5) is 42.3. The van der Waals surface area contributed by atoms with E-state index < -0.39 is 22.8 Å². The Labute approximate surface area is 263 Å². The SMILES string of the molecule is CCOC(=O)C1=C(C)NC(C)=C(C(=O)OCCN2CCN(CCCOc3ccccc3OC)CC2)C1c1cccc([N+](=O)[O-])c1. The fourth-order valence-electron chi connectivity index (χ4n) is 5.69. The van der Waals surface area contributed by atoms with E-state index in [2.05, 4.69) is 15.1 Å². The van der Waals surface area contributed by atoms with Gasteiger partial charge in [0.05, 0.1) is 42.3 Å². The average Bonchev–Trinajstić information content (AvgIpc) is 3.03. The number of carbonyl (C=O) groups is 2. The van der Waals surface area contributed by atoms with Gasteiger partial charge in [0, 0.05) is 62.8 Å². The number of esters is 2. The monoisotopic (exact) mass is 622 g/mol. The van der Waals surface area contributed by atoms with E-state index in [4.69, 9.17) is 18.9 Å². The van der Waals surface area contributed by atoms with Gasteiger partial charge in [-0.3, -0.25) is 15.0 Å². The van der Waals surface area contributed by atoms with Gasteiger partial charge in [0.25, 0.3) is 5.69 Å². The number of rotatable bonds is 14. The fourth-order valence-corrected chi connectivity index (χ4v) is 5.69. The summed E-state index contributed by atoms with van der Waals surface area (Å²) in [7, 11) is 1.63. The highest BCUT2D eigenvalue weighted by Crippen LogP contribution is 2.40. The van der Waals surface area contributed by atoms with Crippen LogP contribution in [-0.4, -0.2) is 92.9 Å². The van der Waals surface area contributed by atoms with Crippen LogP contribution in [0, 0.1) is 10.1 Å². The molecule has 1 N–H and O–H groups in total. The highest BCUT2D eigenvalue weighted by Gasteiger charge is 2.38. The number of nitrogens with one attached hydrogen (secondary N) is 1. The van der Waals surface area contributed by atoms with E-state index in [1.807, 2.05) is 24.3 Å². The molecule has 0 aliphatic carbocycles. The molecule has 1 atom stereocenters. The van der Waals surface area contributed by atoms with Crippen molar-refractivity contribution in [1.29, 1.82) is 0 Å². The van der Waals surface area contributed by atoms with Crippen molar-refractivity contribution < 1.29 is 33.5 Å². The van der Waals surface area contributed by atoms with Gasteiger partial charge in [-0.05, 0) is 44.9 Å². The summed E-state index contributed by atoms with van der Waals surface area (Å²) >= 11 is 0. The molecule has 242 valence electrons. The molecule has 2 aromatic rings. The Balaban J connectivity index is 1.31. The predicted molar refractivity (Wildman–Crippen MR) is 168 cm³/mol. The summed E-state index contributed by atoms with van der Waals surface area (Å²) in [6.45, 7) is 11.0. The van der Waals surface area contributed by atoms with Crippen LogP contribution in [0.4, 0.5) is 5.69 Å². The molecule has 2 aliphatic heterocycles. The number of benzene rings is 2. The van der Waals surface area contributed by atoms with Gasteiger partial charge in [-0.25, -0.2) is 9.59 Å². The lowest BCUT2D eigenvalue weighted by Crippen LogP contribution is -2.47. The number of non-ortho nitro benzene ring substituents is 1. The minimum atomic E-state index is -0.881. The van der Waals surface area contributed by atoms with E-state index in [1.165, 1.54) is 12.1 Å². The molecule has 0 radical (unpaired) electrons.